The van der Waals surface area contributed by atoms with Gasteiger partial charge in [0.15, 0.2) is 0 Å². The van der Waals surface area contributed by atoms with Gasteiger partial charge in [-0.3, -0.25) is 9.69 Å². The Morgan fingerprint density at radius 3 is 1.93 bits per heavy atom. The molecule has 0 radical (unpaired) electrons. The summed E-state index contributed by atoms with van der Waals surface area (Å²) >= 11 is 0. The Balaban J connectivity index is 1.52. The first-order valence-corrected chi connectivity index (χ1v) is 14.2. The van der Waals surface area contributed by atoms with Crippen LogP contribution in [0.2, 0.25) is 0 Å². The van der Waals surface area contributed by atoms with Crippen LogP contribution in [0.15, 0.2) is 109 Å². The van der Waals surface area contributed by atoms with Gasteiger partial charge >= 0.3 is 5.97 Å². The summed E-state index contributed by atoms with van der Waals surface area (Å²) in [6.45, 7) is 9.84. The van der Waals surface area contributed by atoms with Gasteiger partial charge in [0.05, 0.1) is 13.0 Å². The summed E-state index contributed by atoms with van der Waals surface area (Å²) in [7, 11) is 0. The summed E-state index contributed by atoms with van der Waals surface area (Å²) in [5.74, 6) is 0.905. The van der Waals surface area contributed by atoms with Crippen LogP contribution < -0.4 is 4.74 Å². The third kappa shape index (κ3) is 8.82. The predicted molar refractivity (Wildman–Crippen MR) is 163 cm³/mol. The third-order valence-corrected chi connectivity index (χ3v) is 7.26. The number of ether oxygens (including phenoxy) is 1. The van der Waals surface area contributed by atoms with Crippen LogP contribution in [-0.4, -0.2) is 35.7 Å². The number of carbonyl (C=O) groups is 1. The van der Waals surface area contributed by atoms with E-state index in [0.717, 1.165) is 25.2 Å². The zero-order chi connectivity index (χ0) is 28.3. The highest BCUT2D eigenvalue weighted by atomic mass is 16.5. The summed E-state index contributed by atoms with van der Waals surface area (Å²) in [5.41, 5.74) is 6.03. The van der Waals surface area contributed by atoms with E-state index in [9.17, 15) is 4.79 Å². The average molecular weight is 536 g/mol. The molecule has 1 N–H and O–H groups in total. The number of rotatable bonds is 14. The summed E-state index contributed by atoms with van der Waals surface area (Å²) in [6, 6.07) is 38.0. The Kier molecular flexibility index (Phi) is 10.5. The van der Waals surface area contributed by atoms with Crippen LogP contribution in [-0.2, 0) is 17.8 Å². The van der Waals surface area contributed by atoms with E-state index in [1.54, 1.807) is 0 Å². The summed E-state index contributed by atoms with van der Waals surface area (Å²) in [5, 5.41) is 9.13. The van der Waals surface area contributed by atoms with Gasteiger partial charge in [0.1, 0.15) is 5.75 Å². The van der Waals surface area contributed by atoms with Crippen molar-refractivity contribution in [3.05, 3.63) is 137 Å². The zero-order valence-electron chi connectivity index (χ0n) is 23.9. The number of aliphatic carboxylic acids is 1. The van der Waals surface area contributed by atoms with Crippen molar-refractivity contribution in [3.63, 3.8) is 0 Å². The highest BCUT2D eigenvalue weighted by molar-refractivity contribution is 5.70. The van der Waals surface area contributed by atoms with Crippen LogP contribution in [0.1, 0.15) is 60.4 Å². The molecular weight excluding hydrogens is 494 g/mol. The molecule has 0 aliphatic carbocycles. The van der Waals surface area contributed by atoms with Crippen molar-refractivity contribution in [1.82, 2.24) is 4.90 Å². The van der Waals surface area contributed by atoms with Gasteiger partial charge in [0.25, 0.3) is 0 Å². The van der Waals surface area contributed by atoms with Crippen LogP contribution in [0.4, 0.5) is 0 Å². The molecule has 4 aromatic rings. The molecule has 0 heterocycles. The molecule has 0 aromatic heterocycles. The normalized spacial score (nSPS) is 12.2. The lowest BCUT2D eigenvalue weighted by atomic mass is 9.90. The fraction of sp³-hybridized carbons (Fsp3) is 0.306. The van der Waals surface area contributed by atoms with Crippen molar-refractivity contribution in [1.29, 1.82) is 0 Å². The Morgan fingerprint density at radius 2 is 1.35 bits per heavy atom. The molecule has 0 unspecified atom stereocenters. The summed E-state index contributed by atoms with van der Waals surface area (Å²) in [4.78, 5) is 13.7. The number of benzene rings is 4. The largest absolute Gasteiger partial charge is 0.493 e. The Bertz CT molecular complexity index is 1280. The summed E-state index contributed by atoms with van der Waals surface area (Å²) < 4.78 is 6.14. The van der Waals surface area contributed by atoms with Gasteiger partial charge in [-0.15, -0.1) is 0 Å². The monoisotopic (exact) mass is 535 g/mol. The Morgan fingerprint density at radius 1 is 0.725 bits per heavy atom. The van der Waals surface area contributed by atoms with Gasteiger partial charge < -0.3 is 9.84 Å². The number of nitrogens with zero attached hydrogens (tertiary/aromatic N) is 1. The molecule has 40 heavy (non-hydrogen) atoms. The first-order valence-electron chi connectivity index (χ1n) is 14.2. The fourth-order valence-corrected chi connectivity index (χ4v) is 5.15. The molecular formula is C36H41NO3. The maximum atomic E-state index is 11.1. The van der Waals surface area contributed by atoms with Crippen molar-refractivity contribution >= 4 is 5.97 Å². The standard InChI is InChI=1S/C36H41NO3/c1-27(2)31-19-17-29(18-20-31)24-37(23-28(3)26-40-34-16-10-11-30(21-34)22-36(38)39)25-35(32-12-6-4-7-13-32)33-14-8-5-9-15-33/h4-21,27-28,35H,22-26H2,1-3H3,(H,38,39)/t28-/m1/s1. The molecule has 0 saturated carbocycles. The maximum Gasteiger partial charge on any atom is 0.307 e. The first kappa shape index (κ1) is 29.1. The molecule has 0 amide bonds. The number of hydrogen-bond acceptors (Lipinski definition) is 3. The van der Waals surface area contributed by atoms with E-state index in [4.69, 9.17) is 9.84 Å². The van der Waals surface area contributed by atoms with Crippen LogP contribution in [0.25, 0.3) is 0 Å². The lowest BCUT2D eigenvalue weighted by Crippen LogP contribution is -2.34. The van der Waals surface area contributed by atoms with Crippen molar-refractivity contribution in [2.24, 2.45) is 5.92 Å². The van der Waals surface area contributed by atoms with Gasteiger partial charge in [-0.05, 0) is 45.9 Å². The topological polar surface area (TPSA) is 49.8 Å². The minimum absolute atomic E-state index is 0.00348. The van der Waals surface area contributed by atoms with Gasteiger partial charge in [0.2, 0.25) is 0 Å². The third-order valence-electron chi connectivity index (χ3n) is 7.26. The van der Waals surface area contributed by atoms with Crippen LogP contribution in [0.5, 0.6) is 5.75 Å². The average Bonchev–Trinajstić information content (AvgIpc) is 2.96. The quantitative estimate of drug-likeness (QED) is 0.179. The molecule has 1 atom stereocenters. The van der Waals surface area contributed by atoms with E-state index >= 15 is 0 Å². The lowest BCUT2D eigenvalue weighted by molar-refractivity contribution is -0.136. The van der Waals surface area contributed by atoms with E-state index < -0.39 is 5.97 Å². The fourth-order valence-electron chi connectivity index (χ4n) is 5.15. The van der Waals surface area contributed by atoms with Crippen molar-refractivity contribution in [2.45, 2.75) is 45.6 Å². The first-order chi connectivity index (χ1) is 19.4. The molecule has 0 saturated heterocycles. The van der Waals surface area contributed by atoms with Crippen molar-refractivity contribution < 1.29 is 14.6 Å². The molecule has 0 spiro atoms. The minimum Gasteiger partial charge on any atom is -0.493 e. The molecule has 208 valence electrons. The molecule has 0 aliphatic heterocycles. The predicted octanol–water partition coefficient (Wildman–Crippen LogP) is 7.79. The van der Waals surface area contributed by atoms with Crippen molar-refractivity contribution in [3.8, 4) is 5.75 Å². The SMILES string of the molecule is CC(C)c1ccc(CN(CC(c2ccccc2)c2ccccc2)C[C@@H](C)COc2cccc(CC(=O)O)c2)cc1. The second-order valence-corrected chi connectivity index (χ2v) is 11.1. The molecule has 0 bridgehead atoms. The molecule has 0 aliphatic rings. The van der Waals surface area contributed by atoms with Gasteiger partial charge in [0, 0.05) is 31.5 Å². The summed E-state index contributed by atoms with van der Waals surface area (Å²) in [6.07, 6.45) is -0.00348. The van der Waals surface area contributed by atoms with Gasteiger partial charge in [-0.25, -0.2) is 0 Å². The molecule has 0 fully saturated rings. The molecule has 4 aromatic carbocycles. The molecule has 4 nitrogen and oxygen atoms in total. The Labute approximate surface area is 239 Å². The van der Waals surface area contributed by atoms with E-state index in [1.807, 2.05) is 24.3 Å². The smallest absolute Gasteiger partial charge is 0.307 e. The van der Waals surface area contributed by atoms with E-state index in [2.05, 4.69) is 111 Å². The number of carboxylic acid groups (broad SMARTS) is 1. The van der Waals surface area contributed by atoms with E-state index in [0.29, 0.717) is 18.3 Å². The lowest BCUT2D eigenvalue weighted by Gasteiger charge is -2.30. The highest BCUT2D eigenvalue weighted by Gasteiger charge is 2.21. The maximum absolute atomic E-state index is 11.1. The second kappa shape index (κ2) is 14.5. The number of hydrogen-bond donors (Lipinski definition) is 1. The minimum atomic E-state index is -0.839. The van der Waals surface area contributed by atoms with Crippen LogP contribution in [0, 0.1) is 5.92 Å². The number of carboxylic acids is 1. The van der Waals surface area contributed by atoms with Crippen molar-refractivity contribution in [2.75, 3.05) is 19.7 Å². The van der Waals surface area contributed by atoms with E-state index in [-0.39, 0.29) is 18.3 Å². The van der Waals surface area contributed by atoms with Gasteiger partial charge in [-0.1, -0.05) is 118 Å². The highest BCUT2D eigenvalue weighted by Crippen LogP contribution is 2.27. The Hall–Kier alpha value is -3.89. The zero-order valence-corrected chi connectivity index (χ0v) is 23.9. The van der Waals surface area contributed by atoms with Gasteiger partial charge in [-0.2, -0.15) is 0 Å². The molecule has 4 rings (SSSR count). The molecule has 4 heteroatoms. The van der Waals surface area contributed by atoms with E-state index in [1.165, 1.54) is 22.3 Å². The van der Waals surface area contributed by atoms with Crippen LogP contribution in [0.3, 0.4) is 0 Å². The second-order valence-electron chi connectivity index (χ2n) is 11.1. The van der Waals surface area contributed by atoms with Crippen LogP contribution >= 0.6 is 0 Å².